The molecule has 2 atom stereocenters. The Labute approximate surface area is 177 Å². The van der Waals surface area contributed by atoms with Crippen LogP contribution in [0, 0.1) is 5.92 Å². The topological polar surface area (TPSA) is 65.2 Å². The zero-order valence-electron chi connectivity index (χ0n) is 17.4. The molecule has 30 heavy (non-hydrogen) atoms. The number of likely N-dealkylation sites (tertiary alicyclic amines) is 1. The minimum atomic E-state index is -0.229. The number of benzene rings is 2. The van der Waals surface area contributed by atoms with Gasteiger partial charge in [0.25, 0.3) is 5.91 Å². The van der Waals surface area contributed by atoms with E-state index in [0.717, 1.165) is 49.8 Å². The van der Waals surface area contributed by atoms with Gasteiger partial charge in [-0.25, -0.2) is 0 Å². The summed E-state index contributed by atoms with van der Waals surface area (Å²) in [6.07, 6.45) is 4.96. The van der Waals surface area contributed by atoms with E-state index in [0.29, 0.717) is 5.92 Å². The highest BCUT2D eigenvalue weighted by atomic mass is 16.2. The smallest absolute Gasteiger partial charge is 0.253 e. The summed E-state index contributed by atoms with van der Waals surface area (Å²) in [5, 5.41) is 4.65. The Bertz CT molecular complexity index is 990. The molecule has 5 heteroatoms. The maximum Gasteiger partial charge on any atom is 0.253 e. The van der Waals surface area contributed by atoms with E-state index in [1.807, 2.05) is 53.6 Å². The molecule has 1 fully saturated rings. The van der Waals surface area contributed by atoms with Gasteiger partial charge in [0.1, 0.15) is 6.29 Å². The van der Waals surface area contributed by atoms with Crippen molar-refractivity contribution in [1.29, 1.82) is 0 Å². The van der Waals surface area contributed by atoms with Gasteiger partial charge in [-0.1, -0.05) is 43.3 Å². The Morgan fingerprint density at radius 3 is 2.57 bits per heavy atom. The highest BCUT2D eigenvalue weighted by Gasteiger charge is 2.26. The number of H-pyrrole nitrogens is 1. The van der Waals surface area contributed by atoms with Crippen molar-refractivity contribution in [3.8, 4) is 0 Å². The molecule has 2 N–H and O–H groups in total. The Morgan fingerprint density at radius 2 is 1.83 bits per heavy atom. The zero-order chi connectivity index (χ0) is 20.9. The Hall–Kier alpha value is -2.92. The lowest BCUT2D eigenvalue weighted by Gasteiger charge is -2.33. The van der Waals surface area contributed by atoms with E-state index in [9.17, 15) is 9.59 Å². The molecule has 0 bridgehead atoms. The number of carbonyl (C=O) groups is 2. The van der Waals surface area contributed by atoms with Crippen LogP contribution in [0.3, 0.4) is 0 Å². The van der Waals surface area contributed by atoms with Crippen LogP contribution in [0.25, 0.3) is 10.9 Å². The number of aromatic amines is 1. The third kappa shape index (κ3) is 4.31. The van der Waals surface area contributed by atoms with Gasteiger partial charge in [-0.15, -0.1) is 0 Å². The van der Waals surface area contributed by atoms with Crippen molar-refractivity contribution in [2.45, 2.75) is 31.7 Å². The zero-order valence-corrected chi connectivity index (χ0v) is 17.4. The summed E-state index contributed by atoms with van der Waals surface area (Å²) in [6, 6.07) is 17.4. The quantitative estimate of drug-likeness (QED) is 0.587. The second kappa shape index (κ2) is 9.26. The molecule has 2 unspecified atom stereocenters. The van der Waals surface area contributed by atoms with E-state index in [2.05, 4.69) is 29.4 Å². The number of amides is 1. The van der Waals surface area contributed by atoms with Gasteiger partial charge in [-0.2, -0.15) is 0 Å². The van der Waals surface area contributed by atoms with E-state index in [-0.39, 0.29) is 17.9 Å². The fourth-order valence-electron chi connectivity index (χ4n) is 4.41. The van der Waals surface area contributed by atoms with Crippen molar-refractivity contribution in [3.63, 3.8) is 0 Å². The number of para-hydroxylation sites is 1. The molecule has 2 heterocycles. The summed E-state index contributed by atoms with van der Waals surface area (Å²) in [5.41, 5.74) is 3.01. The average molecular weight is 404 g/mol. The van der Waals surface area contributed by atoms with Gasteiger partial charge < -0.3 is 20.0 Å². The number of piperidine rings is 1. The number of nitrogens with zero attached hydrogens (tertiary/aromatic N) is 1. The molecule has 1 saturated heterocycles. The predicted molar refractivity (Wildman–Crippen MR) is 120 cm³/mol. The molecule has 2 aromatic carbocycles. The van der Waals surface area contributed by atoms with Crippen LogP contribution in [-0.2, 0) is 4.79 Å². The standard InChI is InChI=1S/C25H29N3O2/c1-18(22-16-27-23-10-6-5-9-21(22)23)24(17-29)26-15-19-11-13-28(14-12-19)25(30)20-7-3-2-4-8-20/h2-10,16-19,24,26-27H,11-15H2,1H3. The maximum absolute atomic E-state index is 12.6. The van der Waals surface area contributed by atoms with Crippen LogP contribution < -0.4 is 5.32 Å². The summed E-state index contributed by atoms with van der Waals surface area (Å²) in [7, 11) is 0. The molecule has 0 aliphatic carbocycles. The first-order chi connectivity index (χ1) is 14.7. The molecule has 1 aromatic heterocycles. The van der Waals surface area contributed by atoms with Crippen LogP contribution in [0.15, 0.2) is 60.8 Å². The molecule has 0 spiro atoms. The van der Waals surface area contributed by atoms with Crippen molar-refractivity contribution in [3.05, 3.63) is 71.9 Å². The Morgan fingerprint density at radius 1 is 1.13 bits per heavy atom. The number of aromatic nitrogens is 1. The molecule has 156 valence electrons. The van der Waals surface area contributed by atoms with Gasteiger partial charge in [0.05, 0.1) is 6.04 Å². The molecule has 1 aliphatic rings. The summed E-state index contributed by atoms with van der Waals surface area (Å²) >= 11 is 0. The summed E-state index contributed by atoms with van der Waals surface area (Å²) in [4.78, 5) is 29.7. The molecular weight excluding hydrogens is 374 g/mol. The number of rotatable bonds is 7. The van der Waals surface area contributed by atoms with E-state index >= 15 is 0 Å². The normalized spacial score (nSPS) is 17.0. The first-order valence-electron chi connectivity index (χ1n) is 10.8. The molecule has 1 amide bonds. The molecule has 0 saturated carbocycles. The lowest BCUT2D eigenvalue weighted by molar-refractivity contribution is -0.110. The number of aldehydes is 1. The average Bonchev–Trinajstić information content (AvgIpc) is 3.24. The second-order valence-electron chi connectivity index (χ2n) is 8.25. The van der Waals surface area contributed by atoms with Crippen molar-refractivity contribution >= 4 is 23.1 Å². The predicted octanol–water partition coefficient (Wildman–Crippen LogP) is 3.98. The lowest BCUT2D eigenvalue weighted by atomic mass is 9.92. The highest BCUT2D eigenvalue weighted by molar-refractivity contribution is 5.94. The number of carbonyl (C=O) groups excluding carboxylic acids is 2. The van der Waals surface area contributed by atoms with Gasteiger partial charge >= 0.3 is 0 Å². The summed E-state index contributed by atoms with van der Waals surface area (Å²) in [6.45, 7) is 4.43. The van der Waals surface area contributed by atoms with Gasteiger partial charge in [0.15, 0.2) is 0 Å². The molecule has 0 radical (unpaired) electrons. The lowest BCUT2D eigenvalue weighted by Crippen LogP contribution is -2.43. The van der Waals surface area contributed by atoms with Gasteiger partial charge in [-0.05, 0) is 49.1 Å². The third-order valence-electron chi connectivity index (χ3n) is 6.36. The van der Waals surface area contributed by atoms with Crippen LogP contribution >= 0.6 is 0 Å². The van der Waals surface area contributed by atoms with Crippen molar-refractivity contribution in [2.24, 2.45) is 5.92 Å². The molecule has 1 aliphatic heterocycles. The van der Waals surface area contributed by atoms with E-state index in [1.54, 1.807) is 0 Å². The Kier molecular flexibility index (Phi) is 6.29. The van der Waals surface area contributed by atoms with Crippen LogP contribution in [0.2, 0.25) is 0 Å². The number of hydrogen-bond acceptors (Lipinski definition) is 3. The van der Waals surface area contributed by atoms with Crippen LogP contribution in [0.5, 0.6) is 0 Å². The van der Waals surface area contributed by atoms with Crippen LogP contribution in [0.4, 0.5) is 0 Å². The largest absolute Gasteiger partial charge is 0.361 e. The van der Waals surface area contributed by atoms with E-state index in [4.69, 9.17) is 0 Å². The minimum absolute atomic E-state index is 0.0818. The first-order valence-corrected chi connectivity index (χ1v) is 10.8. The van der Waals surface area contributed by atoms with Gasteiger partial charge in [-0.3, -0.25) is 4.79 Å². The monoisotopic (exact) mass is 403 g/mol. The highest BCUT2D eigenvalue weighted by Crippen LogP contribution is 2.27. The third-order valence-corrected chi connectivity index (χ3v) is 6.36. The SMILES string of the molecule is CC(c1c[nH]c2ccccc12)C(C=O)NCC1CCN(C(=O)c2ccccc2)CC1. The minimum Gasteiger partial charge on any atom is -0.361 e. The van der Waals surface area contributed by atoms with E-state index in [1.165, 1.54) is 10.9 Å². The summed E-state index contributed by atoms with van der Waals surface area (Å²) in [5.74, 6) is 0.668. The first kappa shape index (κ1) is 20.4. The van der Waals surface area contributed by atoms with Crippen molar-refractivity contribution < 1.29 is 9.59 Å². The van der Waals surface area contributed by atoms with Gasteiger partial charge in [0, 0.05) is 41.7 Å². The number of hydrogen-bond donors (Lipinski definition) is 2. The van der Waals surface area contributed by atoms with Gasteiger partial charge in [0.2, 0.25) is 0 Å². The molecule has 3 aromatic rings. The number of fused-ring (bicyclic) bond motifs is 1. The van der Waals surface area contributed by atoms with E-state index < -0.39 is 0 Å². The molecular formula is C25H29N3O2. The Balaban J connectivity index is 1.31. The van der Waals surface area contributed by atoms with Crippen LogP contribution in [0.1, 0.15) is 41.6 Å². The maximum atomic E-state index is 12.6. The molecule has 4 rings (SSSR count). The fraction of sp³-hybridized carbons (Fsp3) is 0.360. The second-order valence-corrected chi connectivity index (χ2v) is 8.25. The fourth-order valence-corrected chi connectivity index (χ4v) is 4.41. The number of nitrogens with one attached hydrogen (secondary N) is 2. The molecule has 5 nitrogen and oxygen atoms in total. The van der Waals surface area contributed by atoms with Crippen molar-refractivity contribution in [2.75, 3.05) is 19.6 Å². The van der Waals surface area contributed by atoms with Crippen LogP contribution in [-0.4, -0.2) is 47.8 Å². The summed E-state index contributed by atoms with van der Waals surface area (Å²) < 4.78 is 0. The van der Waals surface area contributed by atoms with Crippen molar-refractivity contribution in [1.82, 2.24) is 15.2 Å².